The number of hydrogen-bond donors (Lipinski definition) is 4. The fraction of sp³-hybridized carbons (Fsp3) is 0. The predicted octanol–water partition coefficient (Wildman–Crippen LogP) is -1.57. The Kier molecular flexibility index (Phi) is 10.9. The Morgan fingerprint density at radius 1 is 1.20 bits per heavy atom. The van der Waals surface area contributed by atoms with Crippen LogP contribution in [0.2, 0.25) is 0 Å². The molecule has 0 aliphatic rings. The predicted molar refractivity (Wildman–Crippen MR) is 39.1 cm³/mol. The van der Waals surface area contributed by atoms with Crippen molar-refractivity contribution >= 4 is 26.3 Å². The monoisotopic (exact) mass is 192 g/mol. The van der Waals surface area contributed by atoms with Gasteiger partial charge in [0.1, 0.15) is 0 Å². The van der Waals surface area contributed by atoms with E-state index in [2.05, 4.69) is 11.5 Å². The van der Waals surface area contributed by atoms with Gasteiger partial charge >= 0.3 is 16.4 Å². The number of carbonyl (C=O) groups is 1. The second kappa shape index (κ2) is 6.69. The molecule has 10 heavy (non-hydrogen) atoms. The van der Waals surface area contributed by atoms with Crippen LogP contribution in [-0.2, 0) is 10.4 Å². The zero-order chi connectivity index (χ0) is 8.08. The molecular formula is CH9N2O5PS. The van der Waals surface area contributed by atoms with Crippen LogP contribution in [0.1, 0.15) is 0 Å². The molecule has 7 nitrogen and oxygen atoms in total. The average Bonchev–Trinajstić information content (AvgIpc) is 1.19. The number of rotatable bonds is 0. The molecule has 6 N–H and O–H groups in total. The summed E-state index contributed by atoms with van der Waals surface area (Å²) in [5, 5.41) is 0. The number of nitrogens with two attached hydrogens (primary N) is 2. The molecule has 0 bridgehead atoms. The first kappa shape index (κ1) is 16.3. The SMILES string of the molecule is NC(N)=O.O=S(=O)(O)O.P. The number of hydrogen-bond acceptors (Lipinski definition) is 3. The van der Waals surface area contributed by atoms with Crippen molar-refractivity contribution in [3.05, 3.63) is 0 Å². The third kappa shape index (κ3) is 1770. The first-order valence-electron chi connectivity index (χ1n) is 1.48. The van der Waals surface area contributed by atoms with Crippen molar-refractivity contribution in [1.82, 2.24) is 0 Å². The maximum absolute atomic E-state index is 9.00. The van der Waals surface area contributed by atoms with Crippen LogP contribution in [-0.4, -0.2) is 23.6 Å². The van der Waals surface area contributed by atoms with Crippen molar-refractivity contribution in [3.8, 4) is 0 Å². The molecular weight excluding hydrogens is 183 g/mol. The Balaban J connectivity index is -0.0000000910. The molecule has 0 aromatic carbocycles. The molecule has 0 aromatic heterocycles. The zero-order valence-corrected chi connectivity index (χ0v) is 7.12. The zero-order valence-electron chi connectivity index (χ0n) is 4.89. The number of carbonyl (C=O) groups excluding carboxylic acids is 1. The summed E-state index contributed by atoms with van der Waals surface area (Å²) < 4.78 is 31.6. The first-order chi connectivity index (χ1) is 3.73. The maximum atomic E-state index is 9.00. The standard InChI is InChI=1S/CH4N2O.H2O4S.H3P/c2-1(3)4;1-5(2,3)4;/h(H4,2,3,4);(H2,1,2,3,4);1H3. The van der Waals surface area contributed by atoms with E-state index < -0.39 is 16.4 Å². The number of urea groups is 1. The van der Waals surface area contributed by atoms with E-state index in [4.69, 9.17) is 22.3 Å². The van der Waals surface area contributed by atoms with Crippen molar-refractivity contribution in [2.24, 2.45) is 11.5 Å². The fourth-order valence-electron chi connectivity index (χ4n) is 0. The maximum Gasteiger partial charge on any atom is 0.394 e. The Hall–Kier alpha value is -0.430. The Labute approximate surface area is 61.0 Å². The first-order valence-corrected chi connectivity index (χ1v) is 2.88. The van der Waals surface area contributed by atoms with Gasteiger partial charge in [-0.2, -0.15) is 18.3 Å². The Morgan fingerprint density at radius 3 is 1.20 bits per heavy atom. The minimum atomic E-state index is -4.67. The highest BCUT2D eigenvalue weighted by molar-refractivity contribution is 7.79. The Bertz CT molecular complexity index is 162. The third-order valence-corrected chi connectivity index (χ3v) is 0. The van der Waals surface area contributed by atoms with Crippen LogP contribution < -0.4 is 11.5 Å². The molecule has 0 saturated heterocycles. The molecule has 0 spiro atoms. The van der Waals surface area contributed by atoms with Crippen molar-refractivity contribution in [2.45, 2.75) is 0 Å². The van der Waals surface area contributed by atoms with Gasteiger partial charge in [-0.25, -0.2) is 4.79 Å². The Morgan fingerprint density at radius 2 is 1.20 bits per heavy atom. The highest BCUT2D eigenvalue weighted by atomic mass is 32.3. The van der Waals surface area contributed by atoms with Crippen LogP contribution >= 0.6 is 9.90 Å². The lowest BCUT2D eigenvalue weighted by molar-refractivity contribution is 0.256. The van der Waals surface area contributed by atoms with E-state index in [1.807, 2.05) is 0 Å². The number of amides is 2. The molecule has 0 aromatic rings. The molecule has 9 heteroatoms. The lowest BCUT2D eigenvalue weighted by atomic mass is 11.2. The lowest BCUT2D eigenvalue weighted by Crippen LogP contribution is -2.18. The van der Waals surface area contributed by atoms with E-state index in [0.717, 1.165) is 0 Å². The van der Waals surface area contributed by atoms with Gasteiger partial charge in [-0.1, -0.05) is 0 Å². The summed E-state index contributed by atoms with van der Waals surface area (Å²) in [5.74, 6) is 0. The normalized spacial score (nSPS) is 8.20. The van der Waals surface area contributed by atoms with E-state index in [0.29, 0.717) is 0 Å². The van der Waals surface area contributed by atoms with Gasteiger partial charge in [-0.15, -0.1) is 0 Å². The third-order valence-electron chi connectivity index (χ3n) is 0. The topological polar surface area (TPSA) is 144 Å². The molecule has 0 aliphatic heterocycles. The summed E-state index contributed by atoms with van der Waals surface area (Å²) in [6, 6.07) is -0.833. The van der Waals surface area contributed by atoms with E-state index in [1.54, 1.807) is 0 Å². The minimum absolute atomic E-state index is 0. The lowest BCUT2D eigenvalue weighted by Gasteiger charge is -1.68. The molecule has 64 valence electrons. The van der Waals surface area contributed by atoms with Crippen LogP contribution in [0.25, 0.3) is 0 Å². The van der Waals surface area contributed by atoms with Gasteiger partial charge in [-0.05, 0) is 0 Å². The minimum Gasteiger partial charge on any atom is -0.352 e. The van der Waals surface area contributed by atoms with Crippen LogP contribution in [0, 0.1) is 0 Å². The largest absolute Gasteiger partial charge is 0.394 e. The molecule has 0 heterocycles. The second-order valence-corrected chi connectivity index (χ2v) is 1.75. The van der Waals surface area contributed by atoms with Crippen molar-refractivity contribution in [2.75, 3.05) is 0 Å². The van der Waals surface area contributed by atoms with E-state index in [1.165, 1.54) is 0 Å². The molecule has 1 unspecified atom stereocenters. The molecule has 0 saturated carbocycles. The van der Waals surface area contributed by atoms with Crippen LogP contribution in [0.15, 0.2) is 0 Å². The summed E-state index contributed by atoms with van der Waals surface area (Å²) in [7, 11) is -4.67. The van der Waals surface area contributed by atoms with Crippen molar-refractivity contribution < 1.29 is 22.3 Å². The van der Waals surface area contributed by atoms with Gasteiger partial charge in [0.05, 0.1) is 0 Å². The summed E-state index contributed by atoms with van der Waals surface area (Å²) in [4.78, 5) is 9.00. The molecule has 0 fully saturated rings. The van der Waals surface area contributed by atoms with Crippen molar-refractivity contribution in [3.63, 3.8) is 0 Å². The van der Waals surface area contributed by atoms with E-state index in [-0.39, 0.29) is 9.90 Å². The summed E-state index contributed by atoms with van der Waals surface area (Å²) >= 11 is 0. The second-order valence-electron chi connectivity index (χ2n) is 0.850. The fourth-order valence-corrected chi connectivity index (χ4v) is 0. The summed E-state index contributed by atoms with van der Waals surface area (Å²) in [6.45, 7) is 0. The van der Waals surface area contributed by atoms with Gasteiger partial charge < -0.3 is 11.5 Å². The van der Waals surface area contributed by atoms with E-state index in [9.17, 15) is 0 Å². The van der Waals surface area contributed by atoms with Gasteiger partial charge in [-0.3, -0.25) is 9.11 Å². The van der Waals surface area contributed by atoms with Gasteiger partial charge in [0.2, 0.25) is 0 Å². The van der Waals surface area contributed by atoms with Crippen LogP contribution in [0.3, 0.4) is 0 Å². The molecule has 1 atom stereocenters. The molecule has 2 amide bonds. The highest BCUT2D eigenvalue weighted by Crippen LogP contribution is 1.59. The smallest absolute Gasteiger partial charge is 0.352 e. The van der Waals surface area contributed by atoms with Gasteiger partial charge in [0.15, 0.2) is 0 Å². The summed E-state index contributed by atoms with van der Waals surface area (Å²) in [6.07, 6.45) is 0. The highest BCUT2D eigenvalue weighted by Gasteiger charge is 1.84. The molecule has 0 rings (SSSR count). The van der Waals surface area contributed by atoms with Gasteiger partial charge in [0.25, 0.3) is 0 Å². The summed E-state index contributed by atoms with van der Waals surface area (Å²) in [5.41, 5.74) is 8.50. The van der Waals surface area contributed by atoms with Crippen LogP contribution in [0.4, 0.5) is 4.79 Å². The van der Waals surface area contributed by atoms with Crippen molar-refractivity contribution in [1.29, 1.82) is 0 Å². The number of primary amides is 2. The quantitative estimate of drug-likeness (QED) is 0.270. The van der Waals surface area contributed by atoms with E-state index >= 15 is 0 Å². The van der Waals surface area contributed by atoms with Crippen LogP contribution in [0.5, 0.6) is 0 Å². The van der Waals surface area contributed by atoms with Gasteiger partial charge in [0, 0.05) is 0 Å². The average molecular weight is 192 g/mol. The molecule has 0 aliphatic carbocycles. The molecule has 0 radical (unpaired) electrons.